The van der Waals surface area contributed by atoms with Crippen molar-refractivity contribution in [2.45, 2.75) is 20.0 Å². The molecule has 0 aliphatic carbocycles. The van der Waals surface area contributed by atoms with Gasteiger partial charge in [-0.15, -0.1) is 24.0 Å². The lowest BCUT2D eigenvalue weighted by molar-refractivity contribution is 0.617. The fraction of sp³-hybridized carbons (Fsp3) is 0.316. The van der Waals surface area contributed by atoms with E-state index in [1.807, 2.05) is 20.2 Å². The minimum absolute atomic E-state index is 0. The molecular weight excluding hydrogens is 430 g/mol. The van der Waals surface area contributed by atoms with Crippen molar-refractivity contribution in [1.29, 1.82) is 0 Å². The number of aryl methyl sites for hydroxylation is 1. The van der Waals surface area contributed by atoms with Crippen LogP contribution in [0.25, 0.3) is 0 Å². The Morgan fingerprint density at radius 3 is 2.08 bits per heavy atom. The van der Waals surface area contributed by atoms with Crippen molar-refractivity contribution >= 4 is 35.6 Å². The summed E-state index contributed by atoms with van der Waals surface area (Å²) in [6, 6.07) is 13.5. The topological polar surface area (TPSA) is 39.7 Å². The third kappa shape index (κ3) is 6.53. The van der Waals surface area contributed by atoms with Crippen molar-refractivity contribution in [3.63, 3.8) is 0 Å². The van der Waals surface area contributed by atoms with E-state index in [0.29, 0.717) is 24.6 Å². The largest absolute Gasteiger partial charge is 0.378 e. The highest BCUT2D eigenvalue weighted by molar-refractivity contribution is 14.0. The van der Waals surface area contributed by atoms with Crippen LogP contribution in [0.5, 0.6) is 0 Å². The summed E-state index contributed by atoms with van der Waals surface area (Å²) < 4.78 is 13.3. The van der Waals surface area contributed by atoms with Gasteiger partial charge in [-0.2, -0.15) is 0 Å². The minimum atomic E-state index is -0.178. The zero-order chi connectivity index (χ0) is 17.5. The maximum absolute atomic E-state index is 13.3. The summed E-state index contributed by atoms with van der Waals surface area (Å²) in [5.74, 6) is 0.538. The van der Waals surface area contributed by atoms with E-state index in [-0.39, 0.29) is 29.8 Å². The van der Waals surface area contributed by atoms with Crippen molar-refractivity contribution in [2.24, 2.45) is 4.99 Å². The highest BCUT2D eigenvalue weighted by atomic mass is 127. The number of hydrogen-bond donors (Lipinski definition) is 2. The first-order valence-electron chi connectivity index (χ1n) is 7.95. The van der Waals surface area contributed by atoms with Crippen LogP contribution in [0.15, 0.2) is 47.5 Å². The lowest BCUT2D eigenvalue weighted by Crippen LogP contribution is -2.36. The molecule has 0 radical (unpaired) electrons. The molecule has 0 aliphatic heterocycles. The van der Waals surface area contributed by atoms with Gasteiger partial charge in [0.05, 0.1) is 0 Å². The van der Waals surface area contributed by atoms with Crippen molar-refractivity contribution < 1.29 is 4.39 Å². The lowest BCUT2D eigenvalue weighted by Gasteiger charge is -2.14. The molecule has 0 atom stereocenters. The molecule has 0 bridgehead atoms. The molecule has 2 aromatic carbocycles. The standard InChI is InChI=1S/C19H25FN4.HI/c1-14-11-16(7-10-18(14)20)13-23-19(21-2)22-12-15-5-8-17(9-6-15)24(3)4;/h5-11H,12-13H2,1-4H3,(H2,21,22,23);1H. The zero-order valence-corrected chi connectivity index (χ0v) is 17.5. The van der Waals surface area contributed by atoms with E-state index in [0.717, 1.165) is 5.56 Å². The number of guanidine groups is 1. The molecule has 0 saturated carbocycles. The highest BCUT2D eigenvalue weighted by Gasteiger charge is 2.02. The number of rotatable bonds is 5. The number of hydrogen-bond acceptors (Lipinski definition) is 2. The fourth-order valence-corrected chi connectivity index (χ4v) is 2.32. The Kier molecular flexibility index (Phi) is 8.68. The quantitative estimate of drug-likeness (QED) is 0.410. The second-order valence-corrected chi connectivity index (χ2v) is 5.92. The Morgan fingerprint density at radius 1 is 1.00 bits per heavy atom. The first kappa shape index (κ1) is 21.2. The van der Waals surface area contributed by atoms with Gasteiger partial charge < -0.3 is 15.5 Å². The Bertz CT molecular complexity index is 699. The maximum Gasteiger partial charge on any atom is 0.191 e. The summed E-state index contributed by atoms with van der Waals surface area (Å²) in [7, 11) is 5.78. The van der Waals surface area contributed by atoms with Crippen LogP contribution in [0.1, 0.15) is 16.7 Å². The third-order valence-electron chi connectivity index (χ3n) is 3.82. The number of anilines is 1. The van der Waals surface area contributed by atoms with Crippen molar-refractivity contribution in [3.8, 4) is 0 Å². The molecular formula is C19H26FIN4. The number of benzene rings is 2. The van der Waals surface area contributed by atoms with Gasteiger partial charge in [0.1, 0.15) is 5.82 Å². The molecule has 6 heteroatoms. The average Bonchev–Trinajstić information content (AvgIpc) is 2.58. The van der Waals surface area contributed by atoms with Gasteiger partial charge >= 0.3 is 0 Å². The second kappa shape index (κ2) is 10.2. The molecule has 0 unspecified atom stereocenters. The van der Waals surface area contributed by atoms with E-state index in [9.17, 15) is 4.39 Å². The first-order chi connectivity index (χ1) is 11.5. The molecule has 0 amide bonds. The lowest BCUT2D eigenvalue weighted by atomic mass is 10.1. The molecule has 0 aliphatic rings. The number of aliphatic imine (C=N–C) groups is 1. The van der Waals surface area contributed by atoms with E-state index in [1.165, 1.54) is 17.3 Å². The zero-order valence-electron chi connectivity index (χ0n) is 15.1. The molecule has 2 aromatic rings. The minimum Gasteiger partial charge on any atom is -0.378 e. The van der Waals surface area contributed by atoms with E-state index in [4.69, 9.17) is 0 Å². The van der Waals surface area contributed by atoms with Crippen LogP contribution in [0, 0.1) is 12.7 Å². The van der Waals surface area contributed by atoms with E-state index < -0.39 is 0 Å². The molecule has 136 valence electrons. The van der Waals surface area contributed by atoms with Crippen LogP contribution in [0.2, 0.25) is 0 Å². The van der Waals surface area contributed by atoms with Gasteiger partial charge in [0.25, 0.3) is 0 Å². The summed E-state index contributed by atoms with van der Waals surface area (Å²) in [5, 5.41) is 6.52. The Labute approximate surface area is 166 Å². The van der Waals surface area contributed by atoms with Crippen molar-refractivity contribution in [3.05, 3.63) is 65.0 Å². The van der Waals surface area contributed by atoms with Crippen molar-refractivity contribution in [2.75, 3.05) is 26.0 Å². The first-order valence-corrected chi connectivity index (χ1v) is 7.95. The number of nitrogens with zero attached hydrogens (tertiary/aromatic N) is 2. The molecule has 0 spiro atoms. The van der Waals surface area contributed by atoms with Crippen LogP contribution >= 0.6 is 24.0 Å². The van der Waals surface area contributed by atoms with Gasteiger partial charge in [-0.3, -0.25) is 4.99 Å². The molecule has 25 heavy (non-hydrogen) atoms. The summed E-state index contributed by atoms with van der Waals surface area (Å²) in [6.45, 7) is 3.06. The predicted octanol–water partition coefficient (Wildman–Crippen LogP) is 3.68. The monoisotopic (exact) mass is 456 g/mol. The Morgan fingerprint density at radius 2 is 1.56 bits per heavy atom. The van der Waals surface area contributed by atoms with Gasteiger partial charge in [-0.25, -0.2) is 4.39 Å². The normalized spacial score (nSPS) is 10.8. The summed E-state index contributed by atoms with van der Waals surface area (Å²) >= 11 is 0. The average molecular weight is 456 g/mol. The van der Waals surface area contributed by atoms with Gasteiger partial charge in [0.15, 0.2) is 5.96 Å². The van der Waals surface area contributed by atoms with E-state index in [1.54, 1.807) is 20.0 Å². The van der Waals surface area contributed by atoms with Gasteiger partial charge in [0, 0.05) is 39.9 Å². The predicted molar refractivity (Wildman–Crippen MR) is 114 cm³/mol. The molecule has 2 N–H and O–H groups in total. The summed E-state index contributed by atoms with van der Waals surface area (Å²) in [6.07, 6.45) is 0. The second-order valence-electron chi connectivity index (χ2n) is 5.92. The summed E-state index contributed by atoms with van der Waals surface area (Å²) in [4.78, 5) is 6.29. The van der Waals surface area contributed by atoms with Gasteiger partial charge in [-0.05, 0) is 41.8 Å². The van der Waals surface area contributed by atoms with E-state index in [2.05, 4.69) is 44.8 Å². The Balaban J connectivity index is 0.00000312. The molecule has 2 rings (SSSR count). The van der Waals surface area contributed by atoms with Crippen molar-refractivity contribution in [1.82, 2.24) is 10.6 Å². The molecule has 0 fully saturated rings. The smallest absolute Gasteiger partial charge is 0.191 e. The van der Waals surface area contributed by atoms with Crippen LogP contribution in [-0.4, -0.2) is 27.1 Å². The SMILES string of the molecule is CN=C(NCc1ccc(N(C)C)cc1)NCc1ccc(F)c(C)c1.I. The molecule has 0 aromatic heterocycles. The highest BCUT2D eigenvalue weighted by Crippen LogP contribution is 2.12. The van der Waals surface area contributed by atoms with Crippen LogP contribution in [-0.2, 0) is 13.1 Å². The number of halogens is 2. The van der Waals surface area contributed by atoms with E-state index >= 15 is 0 Å². The van der Waals surface area contributed by atoms with Crippen LogP contribution < -0.4 is 15.5 Å². The van der Waals surface area contributed by atoms with Crippen LogP contribution in [0.4, 0.5) is 10.1 Å². The molecule has 4 nitrogen and oxygen atoms in total. The summed E-state index contributed by atoms with van der Waals surface area (Å²) in [5.41, 5.74) is 4.03. The van der Waals surface area contributed by atoms with Crippen LogP contribution in [0.3, 0.4) is 0 Å². The third-order valence-corrected chi connectivity index (χ3v) is 3.82. The molecule has 0 heterocycles. The number of nitrogens with one attached hydrogen (secondary N) is 2. The molecule has 0 saturated heterocycles. The Hall–Kier alpha value is -1.83. The van der Waals surface area contributed by atoms with Gasteiger partial charge in [-0.1, -0.05) is 24.3 Å². The fourth-order valence-electron chi connectivity index (χ4n) is 2.32. The van der Waals surface area contributed by atoms with Gasteiger partial charge in [0.2, 0.25) is 0 Å². The maximum atomic E-state index is 13.3.